The number of nitrogens with one attached hydrogen (secondary N) is 1. The Morgan fingerprint density at radius 2 is 1.76 bits per heavy atom. The van der Waals surface area contributed by atoms with Crippen molar-refractivity contribution in [2.45, 2.75) is 37.6 Å². The van der Waals surface area contributed by atoms with Gasteiger partial charge in [-0.15, -0.1) is 0 Å². The van der Waals surface area contributed by atoms with Gasteiger partial charge in [0, 0.05) is 17.9 Å². The fraction of sp³-hybridized carbons (Fsp3) is 0.300. The van der Waals surface area contributed by atoms with Gasteiger partial charge in [-0.25, -0.2) is 23.4 Å². The van der Waals surface area contributed by atoms with Crippen LogP contribution >= 0.6 is 0 Å². The number of aryl methyl sites for hydroxylation is 2. The van der Waals surface area contributed by atoms with E-state index in [-0.39, 0.29) is 10.9 Å². The minimum atomic E-state index is -3.60. The van der Waals surface area contributed by atoms with E-state index >= 15 is 0 Å². The number of rotatable bonds is 5. The van der Waals surface area contributed by atoms with Crippen molar-refractivity contribution in [3.63, 3.8) is 0 Å². The summed E-state index contributed by atoms with van der Waals surface area (Å²) >= 11 is 0. The van der Waals surface area contributed by atoms with Crippen LogP contribution < -0.4 is 5.32 Å². The third-order valence-corrected chi connectivity index (χ3v) is 6.69. The first kappa shape index (κ1) is 19.4. The third-order valence-electron chi connectivity index (χ3n) is 4.77. The van der Waals surface area contributed by atoms with E-state index in [1.807, 2.05) is 19.9 Å². The van der Waals surface area contributed by atoms with Crippen LogP contribution in [0.2, 0.25) is 0 Å². The Bertz CT molecular complexity index is 1100. The molecule has 0 spiro atoms. The van der Waals surface area contributed by atoms with Crippen molar-refractivity contribution in [3.05, 3.63) is 65.9 Å². The molecule has 1 N–H and O–H groups in total. The summed E-state index contributed by atoms with van der Waals surface area (Å²) in [5.74, 6) is 0.922. The van der Waals surface area contributed by atoms with E-state index in [9.17, 15) is 8.42 Å². The van der Waals surface area contributed by atoms with Gasteiger partial charge in [-0.3, -0.25) is 4.98 Å². The number of hydrogen-bond donors (Lipinski definition) is 1. The van der Waals surface area contributed by atoms with Gasteiger partial charge in [0.25, 0.3) is 0 Å². The zero-order valence-corrected chi connectivity index (χ0v) is 17.1. The van der Waals surface area contributed by atoms with Crippen LogP contribution in [0.15, 0.2) is 53.7 Å². The fourth-order valence-corrected chi connectivity index (χ4v) is 5.24. The standard InChI is InChI=1S/C20H22N6O2S/c1-14-11-15(2)23-20(22-14)25-19-13-21-12-17(24-19)18-9-6-10-26(18)29(27,28)16-7-4-3-5-8-16/h3-5,7-8,11-13,18H,6,9-10H2,1-2H3,(H,22,23,24,25)/t18-/m0/s1. The van der Waals surface area contributed by atoms with Crippen LogP contribution in [0.1, 0.15) is 36.0 Å². The molecule has 1 fully saturated rings. The van der Waals surface area contributed by atoms with Crippen molar-refractivity contribution in [3.8, 4) is 0 Å². The lowest BCUT2D eigenvalue weighted by molar-refractivity contribution is 0.390. The molecule has 0 radical (unpaired) electrons. The predicted octanol–water partition coefficient (Wildman–Crippen LogP) is 3.15. The molecule has 1 aromatic carbocycles. The number of aromatic nitrogens is 4. The quantitative estimate of drug-likeness (QED) is 0.689. The van der Waals surface area contributed by atoms with Gasteiger partial charge in [-0.05, 0) is 44.9 Å². The van der Waals surface area contributed by atoms with Gasteiger partial charge in [-0.2, -0.15) is 4.31 Å². The minimum absolute atomic E-state index is 0.290. The summed E-state index contributed by atoms with van der Waals surface area (Å²) < 4.78 is 27.7. The second kappa shape index (κ2) is 7.84. The Hall–Kier alpha value is -2.91. The molecule has 3 heterocycles. The molecular weight excluding hydrogens is 388 g/mol. The largest absolute Gasteiger partial charge is 0.307 e. The monoisotopic (exact) mass is 410 g/mol. The molecular formula is C20H22N6O2S. The van der Waals surface area contributed by atoms with Crippen molar-refractivity contribution >= 4 is 21.8 Å². The predicted molar refractivity (Wildman–Crippen MR) is 109 cm³/mol. The van der Waals surface area contributed by atoms with Crippen LogP contribution in [0, 0.1) is 13.8 Å². The topological polar surface area (TPSA) is 101 Å². The summed E-state index contributed by atoms with van der Waals surface area (Å²) in [5, 5.41) is 3.07. The molecule has 0 bridgehead atoms. The summed E-state index contributed by atoms with van der Waals surface area (Å²) in [6.45, 7) is 4.25. The summed E-state index contributed by atoms with van der Waals surface area (Å²) in [6.07, 6.45) is 4.67. The molecule has 4 rings (SSSR count). The molecule has 0 amide bonds. The van der Waals surface area contributed by atoms with Gasteiger partial charge in [0.1, 0.15) is 0 Å². The van der Waals surface area contributed by atoms with E-state index in [4.69, 9.17) is 0 Å². The SMILES string of the molecule is Cc1cc(C)nc(Nc2cncc([C@@H]3CCCN3S(=O)(=O)c3ccccc3)n2)n1. The van der Waals surface area contributed by atoms with E-state index in [2.05, 4.69) is 25.3 Å². The molecule has 29 heavy (non-hydrogen) atoms. The van der Waals surface area contributed by atoms with E-state index in [0.717, 1.165) is 17.8 Å². The Morgan fingerprint density at radius 3 is 2.48 bits per heavy atom. The van der Waals surface area contributed by atoms with Crippen LogP contribution in [0.25, 0.3) is 0 Å². The minimum Gasteiger partial charge on any atom is -0.307 e. The van der Waals surface area contributed by atoms with Crippen molar-refractivity contribution in [2.75, 3.05) is 11.9 Å². The lowest BCUT2D eigenvalue weighted by Gasteiger charge is -2.23. The first-order valence-electron chi connectivity index (χ1n) is 9.41. The summed E-state index contributed by atoms with van der Waals surface area (Å²) in [4.78, 5) is 17.9. The highest BCUT2D eigenvalue weighted by Crippen LogP contribution is 2.35. The lowest BCUT2D eigenvalue weighted by atomic mass is 10.2. The zero-order chi connectivity index (χ0) is 20.4. The molecule has 0 unspecified atom stereocenters. The molecule has 8 nitrogen and oxygen atoms in total. The van der Waals surface area contributed by atoms with Gasteiger partial charge < -0.3 is 5.32 Å². The second-order valence-corrected chi connectivity index (χ2v) is 8.91. The number of hydrogen-bond acceptors (Lipinski definition) is 7. The van der Waals surface area contributed by atoms with Crippen LogP contribution in [0.3, 0.4) is 0 Å². The fourth-order valence-electron chi connectivity index (χ4n) is 3.55. The molecule has 1 aliphatic heterocycles. The molecule has 150 valence electrons. The average Bonchev–Trinajstić information content (AvgIpc) is 3.19. The highest BCUT2D eigenvalue weighted by molar-refractivity contribution is 7.89. The van der Waals surface area contributed by atoms with Crippen molar-refractivity contribution in [2.24, 2.45) is 0 Å². The molecule has 1 saturated heterocycles. The molecule has 1 atom stereocenters. The number of sulfonamides is 1. The summed E-state index contributed by atoms with van der Waals surface area (Å²) in [5.41, 5.74) is 2.30. The maximum atomic E-state index is 13.1. The smallest absolute Gasteiger partial charge is 0.243 e. The maximum Gasteiger partial charge on any atom is 0.243 e. The Kier molecular flexibility index (Phi) is 5.25. The molecule has 2 aromatic heterocycles. The Morgan fingerprint density at radius 1 is 1.03 bits per heavy atom. The van der Waals surface area contributed by atoms with Crippen molar-refractivity contribution < 1.29 is 8.42 Å². The van der Waals surface area contributed by atoms with E-state index in [1.54, 1.807) is 42.7 Å². The second-order valence-electron chi connectivity index (χ2n) is 7.02. The highest BCUT2D eigenvalue weighted by atomic mass is 32.2. The zero-order valence-electron chi connectivity index (χ0n) is 16.3. The van der Waals surface area contributed by atoms with Crippen molar-refractivity contribution in [1.29, 1.82) is 0 Å². The molecule has 0 aliphatic carbocycles. The van der Waals surface area contributed by atoms with Crippen LogP contribution in [-0.2, 0) is 10.0 Å². The third kappa shape index (κ3) is 4.10. The average molecular weight is 411 g/mol. The molecule has 9 heteroatoms. The Labute approximate surface area is 170 Å². The molecule has 0 saturated carbocycles. The summed E-state index contributed by atoms with van der Waals surface area (Å²) in [6, 6.07) is 10.0. The van der Waals surface area contributed by atoms with Crippen LogP contribution in [0.4, 0.5) is 11.8 Å². The molecule has 3 aromatic rings. The maximum absolute atomic E-state index is 13.1. The Balaban J connectivity index is 1.62. The molecule has 1 aliphatic rings. The van der Waals surface area contributed by atoms with E-state index < -0.39 is 10.0 Å². The summed E-state index contributed by atoms with van der Waals surface area (Å²) in [7, 11) is -3.60. The van der Waals surface area contributed by atoms with Gasteiger partial charge in [0.05, 0.1) is 29.0 Å². The van der Waals surface area contributed by atoms with Gasteiger partial charge in [0.15, 0.2) is 5.82 Å². The van der Waals surface area contributed by atoms with Gasteiger partial charge >= 0.3 is 0 Å². The first-order valence-corrected chi connectivity index (χ1v) is 10.9. The van der Waals surface area contributed by atoms with Crippen LogP contribution in [0.5, 0.6) is 0 Å². The van der Waals surface area contributed by atoms with Gasteiger partial charge in [0.2, 0.25) is 16.0 Å². The number of anilines is 2. The lowest BCUT2D eigenvalue weighted by Crippen LogP contribution is -2.31. The first-order chi connectivity index (χ1) is 13.9. The van der Waals surface area contributed by atoms with E-state index in [0.29, 0.717) is 30.4 Å². The van der Waals surface area contributed by atoms with Gasteiger partial charge in [-0.1, -0.05) is 18.2 Å². The van der Waals surface area contributed by atoms with Crippen LogP contribution in [-0.4, -0.2) is 39.2 Å². The number of nitrogens with zero attached hydrogens (tertiary/aromatic N) is 5. The van der Waals surface area contributed by atoms with E-state index in [1.165, 1.54) is 4.31 Å². The normalized spacial score (nSPS) is 17.4. The number of benzene rings is 1. The van der Waals surface area contributed by atoms with Crippen molar-refractivity contribution in [1.82, 2.24) is 24.2 Å². The highest BCUT2D eigenvalue weighted by Gasteiger charge is 2.37.